The number of methoxy groups -OCH3 is 2. The van der Waals surface area contributed by atoms with Crippen LogP contribution >= 0.6 is 0 Å². The molecule has 11 heteroatoms. The van der Waals surface area contributed by atoms with Crippen molar-refractivity contribution >= 4 is 5.91 Å². The number of ether oxygens (including phenoxy) is 7. The van der Waals surface area contributed by atoms with Gasteiger partial charge in [-0.05, 0) is 26.2 Å². The molecule has 0 bridgehead atoms. The van der Waals surface area contributed by atoms with Crippen LogP contribution in [-0.2, 0) is 38.0 Å². The summed E-state index contributed by atoms with van der Waals surface area (Å²) in [5, 5.41) is 23.9. The van der Waals surface area contributed by atoms with Gasteiger partial charge in [0.1, 0.15) is 19.0 Å². The smallest absolute Gasteiger partial charge is 0.256 e. The molecular formula is C27H45NO10. The Bertz CT molecular complexity index is 854. The first-order valence-electron chi connectivity index (χ1n) is 13.6. The zero-order valence-corrected chi connectivity index (χ0v) is 23.4. The highest BCUT2D eigenvalue weighted by Crippen LogP contribution is 2.44. The molecule has 4 aliphatic heterocycles. The number of carbonyl (C=O) groups excluding carboxylic acids is 1. The van der Waals surface area contributed by atoms with Crippen molar-refractivity contribution in [3.63, 3.8) is 0 Å². The first-order chi connectivity index (χ1) is 17.9. The van der Waals surface area contributed by atoms with Crippen LogP contribution in [0, 0.1) is 11.3 Å². The van der Waals surface area contributed by atoms with E-state index in [1.807, 2.05) is 13.8 Å². The van der Waals surface area contributed by atoms with Crippen molar-refractivity contribution in [2.75, 3.05) is 21.0 Å². The fourth-order valence-electron chi connectivity index (χ4n) is 6.22. The third kappa shape index (κ3) is 5.68. The Morgan fingerprint density at radius 1 is 1.18 bits per heavy atom. The highest BCUT2D eigenvalue weighted by atomic mass is 16.7. The Balaban J connectivity index is 1.50. The van der Waals surface area contributed by atoms with E-state index >= 15 is 0 Å². The number of carbonyl (C=O) groups is 1. The molecule has 11 nitrogen and oxygen atoms in total. The van der Waals surface area contributed by atoms with Gasteiger partial charge in [-0.1, -0.05) is 32.9 Å². The van der Waals surface area contributed by atoms with Crippen LogP contribution in [0.4, 0.5) is 0 Å². The number of amides is 1. The first-order valence-corrected chi connectivity index (χ1v) is 13.6. The molecule has 0 aromatic rings. The van der Waals surface area contributed by atoms with Crippen LogP contribution in [0.3, 0.4) is 0 Å². The van der Waals surface area contributed by atoms with Crippen LogP contribution in [0.1, 0.15) is 59.8 Å². The highest BCUT2D eigenvalue weighted by molar-refractivity contribution is 5.82. The maximum Gasteiger partial charge on any atom is 0.256 e. The van der Waals surface area contributed by atoms with Crippen molar-refractivity contribution in [1.29, 1.82) is 0 Å². The summed E-state index contributed by atoms with van der Waals surface area (Å²) < 4.78 is 41.5. The maximum absolute atomic E-state index is 13.4. The lowest BCUT2D eigenvalue weighted by molar-refractivity contribution is -0.334. The van der Waals surface area contributed by atoms with Crippen LogP contribution in [0.5, 0.6) is 0 Å². The van der Waals surface area contributed by atoms with Gasteiger partial charge in [-0.25, -0.2) is 0 Å². The van der Waals surface area contributed by atoms with Gasteiger partial charge in [0.2, 0.25) is 5.79 Å². The Hall–Kier alpha value is -1.15. The summed E-state index contributed by atoms with van der Waals surface area (Å²) in [6, 6.07) is 0. The summed E-state index contributed by atoms with van der Waals surface area (Å²) in [5.74, 6) is -2.22. The van der Waals surface area contributed by atoms with Crippen molar-refractivity contribution in [2.24, 2.45) is 11.3 Å². The molecule has 4 aliphatic rings. The summed E-state index contributed by atoms with van der Waals surface area (Å²) in [6.07, 6.45) is -2.72. The van der Waals surface area contributed by atoms with Gasteiger partial charge >= 0.3 is 0 Å². The molecule has 11 atom stereocenters. The summed E-state index contributed by atoms with van der Waals surface area (Å²) in [5.41, 5.74) is 0.370. The van der Waals surface area contributed by atoms with E-state index in [0.29, 0.717) is 12.8 Å². The van der Waals surface area contributed by atoms with Gasteiger partial charge < -0.3 is 48.7 Å². The third-order valence-electron chi connectivity index (χ3n) is 8.87. The van der Waals surface area contributed by atoms with Crippen molar-refractivity contribution < 1.29 is 48.2 Å². The molecule has 4 heterocycles. The molecule has 4 saturated heterocycles. The summed E-state index contributed by atoms with van der Waals surface area (Å²) in [4.78, 5) is 13.4. The van der Waals surface area contributed by atoms with Crippen LogP contribution in [0.15, 0.2) is 12.2 Å². The molecule has 0 aromatic heterocycles. The SMILES string of the molecule is C=C1C[C@](OC)([C@H](O)C(=O)N[C@H]2OCO[C@H]3[C@H]2O[C@H](C[C@H]2CCCC(O)O2)C(C)(C)[C@@H]3OC)O[C@H](C)[C@@H]1C. The molecule has 218 valence electrons. The topological polar surface area (TPSA) is 134 Å². The number of rotatable bonds is 7. The van der Waals surface area contributed by atoms with Crippen LogP contribution < -0.4 is 5.32 Å². The van der Waals surface area contributed by atoms with Gasteiger partial charge in [-0.3, -0.25) is 4.79 Å². The van der Waals surface area contributed by atoms with E-state index in [9.17, 15) is 15.0 Å². The Kier molecular flexibility index (Phi) is 9.23. The minimum Gasteiger partial charge on any atom is -0.378 e. The monoisotopic (exact) mass is 543 g/mol. The molecule has 38 heavy (non-hydrogen) atoms. The second kappa shape index (κ2) is 11.8. The highest BCUT2D eigenvalue weighted by Gasteiger charge is 2.57. The van der Waals surface area contributed by atoms with Crippen molar-refractivity contribution in [3.05, 3.63) is 12.2 Å². The van der Waals surface area contributed by atoms with Gasteiger partial charge in [0.25, 0.3) is 5.91 Å². The molecule has 0 spiro atoms. The fraction of sp³-hybridized carbons (Fsp3) is 0.889. The number of hydrogen-bond acceptors (Lipinski definition) is 10. The molecule has 0 saturated carbocycles. The summed E-state index contributed by atoms with van der Waals surface area (Å²) >= 11 is 0. The van der Waals surface area contributed by atoms with Crippen molar-refractivity contribution in [2.45, 2.75) is 121 Å². The van der Waals surface area contributed by atoms with Gasteiger partial charge in [-0.15, -0.1) is 0 Å². The number of nitrogens with one attached hydrogen (secondary N) is 1. The first kappa shape index (κ1) is 29.8. The molecule has 0 aromatic carbocycles. The fourth-order valence-corrected chi connectivity index (χ4v) is 6.22. The number of aliphatic hydroxyl groups is 2. The molecule has 1 amide bonds. The Morgan fingerprint density at radius 3 is 2.55 bits per heavy atom. The number of aliphatic hydroxyl groups excluding tert-OH is 2. The Labute approximate surface area is 225 Å². The molecule has 4 rings (SSSR count). The van der Waals surface area contributed by atoms with Gasteiger partial charge in [0.15, 0.2) is 18.6 Å². The number of hydrogen-bond donors (Lipinski definition) is 3. The van der Waals surface area contributed by atoms with Gasteiger partial charge in [0.05, 0.1) is 24.4 Å². The molecule has 1 unspecified atom stereocenters. The van der Waals surface area contributed by atoms with E-state index in [4.69, 9.17) is 33.2 Å². The largest absolute Gasteiger partial charge is 0.378 e. The summed E-state index contributed by atoms with van der Waals surface area (Å²) in [6.45, 7) is 12.0. The van der Waals surface area contributed by atoms with Gasteiger partial charge in [-0.2, -0.15) is 0 Å². The minimum absolute atomic E-state index is 0.0595. The molecule has 4 fully saturated rings. The molecule has 3 N–H and O–H groups in total. The van der Waals surface area contributed by atoms with Gasteiger partial charge in [0, 0.05) is 38.4 Å². The van der Waals surface area contributed by atoms with E-state index in [1.165, 1.54) is 7.11 Å². The average molecular weight is 544 g/mol. The van der Waals surface area contributed by atoms with Crippen LogP contribution in [0.2, 0.25) is 0 Å². The zero-order valence-electron chi connectivity index (χ0n) is 23.4. The van der Waals surface area contributed by atoms with E-state index in [0.717, 1.165) is 18.4 Å². The maximum atomic E-state index is 13.4. The predicted molar refractivity (Wildman–Crippen MR) is 135 cm³/mol. The Morgan fingerprint density at radius 2 is 1.92 bits per heavy atom. The van der Waals surface area contributed by atoms with E-state index < -0.39 is 47.9 Å². The lowest BCUT2D eigenvalue weighted by atomic mass is 9.72. The molecule has 0 radical (unpaired) electrons. The molecule has 0 aliphatic carbocycles. The van der Waals surface area contributed by atoms with E-state index in [1.54, 1.807) is 7.11 Å². The van der Waals surface area contributed by atoms with Crippen molar-refractivity contribution in [1.82, 2.24) is 5.32 Å². The van der Waals surface area contributed by atoms with Crippen LogP contribution in [0.25, 0.3) is 0 Å². The lowest BCUT2D eigenvalue weighted by Gasteiger charge is -2.54. The third-order valence-corrected chi connectivity index (χ3v) is 8.87. The standard InChI is InChI=1S/C27H45NO10/c1-14-12-27(33-7,38-16(3)15(14)2)22(30)24(31)28-25-21-20(34-13-35-25)23(32-6)26(4,5)18(37-21)11-17-9-8-10-19(29)36-17/h15-23,25,29-30H,1,8-13H2,2-7H3,(H,28,31)/t15-,16-,17-,18-,19?,20+,21-,22-,23-,25+,27-/m1/s1. The second-order valence-electron chi connectivity index (χ2n) is 11.7. The minimum atomic E-state index is -1.64. The molecular weight excluding hydrogens is 498 g/mol. The number of fused-ring (bicyclic) bond motifs is 1. The zero-order chi connectivity index (χ0) is 27.8. The second-order valence-corrected chi connectivity index (χ2v) is 11.7. The van der Waals surface area contributed by atoms with Crippen LogP contribution in [-0.4, -0.2) is 98.2 Å². The van der Waals surface area contributed by atoms with E-state index in [-0.39, 0.29) is 43.5 Å². The lowest BCUT2D eigenvalue weighted by Crippen LogP contribution is -2.69. The van der Waals surface area contributed by atoms with Crippen molar-refractivity contribution in [3.8, 4) is 0 Å². The average Bonchev–Trinajstić information content (AvgIpc) is 2.87. The predicted octanol–water partition coefficient (Wildman–Crippen LogP) is 1.59. The van der Waals surface area contributed by atoms with E-state index in [2.05, 4.69) is 25.7 Å². The quantitative estimate of drug-likeness (QED) is 0.407. The summed E-state index contributed by atoms with van der Waals surface area (Å²) in [7, 11) is 3.03. The normalized spacial score (nSPS) is 44.2.